The normalized spacial score (nSPS) is 10.2. The van der Waals surface area contributed by atoms with Gasteiger partial charge in [-0.25, -0.2) is 0 Å². The van der Waals surface area contributed by atoms with E-state index in [0.29, 0.717) is 16.9 Å². The van der Waals surface area contributed by atoms with Gasteiger partial charge in [-0.15, -0.1) is 0 Å². The number of nitrogens with one attached hydrogen (secondary N) is 1. The third-order valence-electron chi connectivity index (χ3n) is 2.79. The summed E-state index contributed by atoms with van der Waals surface area (Å²) in [6.45, 7) is 0. The Morgan fingerprint density at radius 2 is 2.10 bits per heavy atom. The topological polar surface area (TPSA) is 71.2 Å². The lowest BCUT2D eigenvalue weighted by Gasteiger charge is -2.17. The Hall–Kier alpha value is -2.08. The molecule has 6 heteroatoms. The molecule has 104 valence electrons. The summed E-state index contributed by atoms with van der Waals surface area (Å²) in [7, 11) is 3.80. The van der Waals surface area contributed by atoms with Crippen molar-refractivity contribution < 1.29 is 4.79 Å². The van der Waals surface area contributed by atoms with Gasteiger partial charge in [-0.2, -0.15) is 0 Å². The van der Waals surface area contributed by atoms with Crippen molar-refractivity contribution in [2.75, 3.05) is 30.0 Å². The molecule has 2 aromatic rings. The van der Waals surface area contributed by atoms with Crippen LogP contribution in [0.3, 0.4) is 0 Å². The van der Waals surface area contributed by atoms with E-state index in [2.05, 4.69) is 26.2 Å². The fourth-order valence-corrected chi connectivity index (χ4v) is 2.15. The molecular formula is C14H15BrN4O. The molecule has 0 fully saturated rings. The van der Waals surface area contributed by atoms with E-state index in [-0.39, 0.29) is 5.91 Å². The number of hydrogen-bond donors (Lipinski definition) is 2. The largest absolute Gasteiger partial charge is 0.398 e. The summed E-state index contributed by atoms with van der Waals surface area (Å²) in [5.74, 6) is -0.264. The van der Waals surface area contributed by atoms with Gasteiger partial charge in [0.25, 0.3) is 5.91 Å². The van der Waals surface area contributed by atoms with Crippen LogP contribution in [0, 0.1) is 0 Å². The molecule has 0 unspecified atom stereocenters. The lowest BCUT2D eigenvalue weighted by Crippen LogP contribution is -2.18. The summed E-state index contributed by atoms with van der Waals surface area (Å²) in [5.41, 5.74) is 8.21. The van der Waals surface area contributed by atoms with Crippen molar-refractivity contribution >= 4 is 38.9 Å². The molecule has 20 heavy (non-hydrogen) atoms. The van der Waals surface area contributed by atoms with E-state index in [9.17, 15) is 4.79 Å². The molecule has 0 aliphatic carbocycles. The van der Waals surface area contributed by atoms with Crippen molar-refractivity contribution in [1.82, 2.24) is 4.98 Å². The third kappa shape index (κ3) is 3.08. The lowest BCUT2D eigenvalue weighted by atomic mass is 10.1. The standard InChI is InChI=1S/C14H15BrN4O/c1-19(2)13-5-6-17-8-12(13)18-14(20)10-7-9(15)3-4-11(10)16/h3-8H,16H2,1-2H3,(H,18,20). The SMILES string of the molecule is CN(C)c1ccncc1NC(=O)c1cc(Br)ccc1N. The first kappa shape index (κ1) is 14.3. The zero-order valence-electron chi connectivity index (χ0n) is 11.2. The van der Waals surface area contributed by atoms with Crippen LogP contribution in [0.5, 0.6) is 0 Å². The molecule has 3 N–H and O–H groups in total. The number of nitrogen functional groups attached to an aromatic ring is 1. The zero-order valence-corrected chi connectivity index (χ0v) is 12.8. The second kappa shape index (κ2) is 5.92. The summed E-state index contributed by atoms with van der Waals surface area (Å²) < 4.78 is 0.802. The van der Waals surface area contributed by atoms with Crippen LogP contribution >= 0.6 is 15.9 Å². The minimum atomic E-state index is -0.264. The van der Waals surface area contributed by atoms with Crippen molar-refractivity contribution in [3.63, 3.8) is 0 Å². The first-order chi connectivity index (χ1) is 9.49. The molecule has 0 spiro atoms. The number of anilines is 3. The predicted molar refractivity (Wildman–Crippen MR) is 85.1 cm³/mol. The molecule has 0 atom stereocenters. The molecule has 0 saturated carbocycles. The summed E-state index contributed by atoms with van der Waals surface area (Å²) >= 11 is 3.33. The van der Waals surface area contributed by atoms with Crippen LogP contribution in [-0.4, -0.2) is 25.0 Å². The highest BCUT2D eigenvalue weighted by Crippen LogP contribution is 2.24. The molecule has 1 amide bonds. The number of carbonyl (C=O) groups excluding carboxylic acids is 1. The first-order valence-corrected chi connectivity index (χ1v) is 6.76. The van der Waals surface area contributed by atoms with Crippen molar-refractivity contribution in [1.29, 1.82) is 0 Å². The summed E-state index contributed by atoms with van der Waals surface area (Å²) in [5, 5.41) is 2.83. The van der Waals surface area contributed by atoms with Crippen molar-refractivity contribution in [3.8, 4) is 0 Å². The molecule has 0 aliphatic heterocycles. The van der Waals surface area contributed by atoms with Gasteiger partial charge in [0.05, 0.1) is 23.1 Å². The Morgan fingerprint density at radius 1 is 1.35 bits per heavy atom. The number of halogens is 1. The van der Waals surface area contributed by atoms with Crippen LogP contribution in [0.15, 0.2) is 41.1 Å². The first-order valence-electron chi connectivity index (χ1n) is 5.96. The van der Waals surface area contributed by atoms with E-state index in [1.54, 1.807) is 30.6 Å². The lowest BCUT2D eigenvalue weighted by molar-refractivity contribution is 0.102. The van der Waals surface area contributed by atoms with Gasteiger partial charge < -0.3 is 16.0 Å². The van der Waals surface area contributed by atoms with Gasteiger partial charge >= 0.3 is 0 Å². The summed E-state index contributed by atoms with van der Waals surface area (Å²) in [4.78, 5) is 18.2. The van der Waals surface area contributed by atoms with Crippen molar-refractivity contribution in [2.24, 2.45) is 0 Å². The molecule has 0 radical (unpaired) electrons. The maximum absolute atomic E-state index is 12.3. The van der Waals surface area contributed by atoms with Gasteiger partial charge in [-0.1, -0.05) is 15.9 Å². The van der Waals surface area contributed by atoms with E-state index in [4.69, 9.17) is 5.73 Å². The number of nitrogens with zero attached hydrogens (tertiary/aromatic N) is 2. The fourth-order valence-electron chi connectivity index (χ4n) is 1.79. The second-order valence-electron chi connectivity index (χ2n) is 4.47. The average Bonchev–Trinajstić information content (AvgIpc) is 2.41. The number of nitrogens with two attached hydrogens (primary N) is 1. The van der Waals surface area contributed by atoms with E-state index >= 15 is 0 Å². The van der Waals surface area contributed by atoms with Gasteiger partial charge in [-0.05, 0) is 24.3 Å². The number of aromatic nitrogens is 1. The smallest absolute Gasteiger partial charge is 0.257 e. The molecule has 0 saturated heterocycles. The molecule has 1 heterocycles. The van der Waals surface area contributed by atoms with E-state index in [0.717, 1.165) is 10.2 Å². The van der Waals surface area contributed by atoms with Crippen molar-refractivity contribution in [3.05, 3.63) is 46.7 Å². The van der Waals surface area contributed by atoms with Gasteiger partial charge in [0, 0.05) is 30.5 Å². The Balaban J connectivity index is 2.31. The van der Waals surface area contributed by atoms with E-state index in [1.807, 2.05) is 25.1 Å². The van der Waals surface area contributed by atoms with E-state index < -0.39 is 0 Å². The average molecular weight is 335 g/mol. The van der Waals surface area contributed by atoms with Gasteiger partial charge in [0.1, 0.15) is 0 Å². The van der Waals surface area contributed by atoms with E-state index in [1.165, 1.54) is 0 Å². The molecule has 5 nitrogen and oxygen atoms in total. The molecule has 2 rings (SSSR count). The second-order valence-corrected chi connectivity index (χ2v) is 5.39. The number of amides is 1. The number of benzene rings is 1. The highest BCUT2D eigenvalue weighted by Gasteiger charge is 2.13. The van der Waals surface area contributed by atoms with Gasteiger partial charge in [0.15, 0.2) is 0 Å². The Morgan fingerprint density at radius 3 is 2.80 bits per heavy atom. The highest BCUT2D eigenvalue weighted by atomic mass is 79.9. The monoisotopic (exact) mass is 334 g/mol. The van der Waals surface area contributed by atoms with Crippen LogP contribution < -0.4 is 16.0 Å². The van der Waals surface area contributed by atoms with Crippen LogP contribution in [0.25, 0.3) is 0 Å². The quantitative estimate of drug-likeness (QED) is 0.846. The van der Waals surface area contributed by atoms with Gasteiger partial charge in [0.2, 0.25) is 0 Å². The number of carbonyl (C=O) groups is 1. The Kier molecular flexibility index (Phi) is 4.24. The van der Waals surface area contributed by atoms with Crippen LogP contribution in [0.4, 0.5) is 17.1 Å². The number of rotatable bonds is 3. The van der Waals surface area contributed by atoms with Crippen LogP contribution in [0.1, 0.15) is 10.4 Å². The molecule has 1 aromatic carbocycles. The molecule has 1 aromatic heterocycles. The maximum atomic E-state index is 12.3. The molecule has 0 bridgehead atoms. The van der Waals surface area contributed by atoms with Crippen LogP contribution in [-0.2, 0) is 0 Å². The minimum Gasteiger partial charge on any atom is -0.398 e. The summed E-state index contributed by atoms with van der Waals surface area (Å²) in [6.07, 6.45) is 3.29. The van der Waals surface area contributed by atoms with Crippen molar-refractivity contribution in [2.45, 2.75) is 0 Å². The third-order valence-corrected chi connectivity index (χ3v) is 3.28. The summed E-state index contributed by atoms with van der Waals surface area (Å²) in [6, 6.07) is 7.01. The number of pyridine rings is 1. The predicted octanol–water partition coefficient (Wildman–Crippen LogP) is 2.74. The Bertz CT molecular complexity index is 643. The zero-order chi connectivity index (χ0) is 14.7. The highest BCUT2D eigenvalue weighted by molar-refractivity contribution is 9.10. The van der Waals surface area contributed by atoms with Crippen LogP contribution in [0.2, 0.25) is 0 Å². The Labute approximate surface area is 125 Å². The fraction of sp³-hybridized carbons (Fsp3) is 0.143. The maximum Gasteiger partial charge on any atom is 0.257 e. The van der Waals surface area contributed by atoms with Gasteiger partial charge in [-0.3, -0.25) is 9.78 Å². The molecule has 0 aliphatic rings. The molecular weight excluding hydrogens is 320 g/mol. The number of hydrogen-bond acceptors (Lipinski definition) is 4. The minimum absolute atomic E-state index is 0.264.